The van der Waals surface area contributed by atoms with Crippen LogP contribution < -0.4 is 4.74 Å². The third-order valence-corrected chi connectivity index (χ3v) is 6.59. The summed E-state index contributed by atoms with van der Waals surface area (Å²) in [5, 5.41) is 0. The van der Waals surface area contributed by atoms with Crippen molar-refractivity contribution in [3.63, 3.8) is 0 Å². The largest absolute Gasteiger partial charge is 0.490 e. The maximum atomic E-state index is 12.4. The summed E-state index contributed by atoms with van der Waals surface area (Å²) in [6.07, 6.45) is 11.2. The molecule has 2 aromatic rings. The standard InChI is InChI=1S/C31H48NO3/c1-5-6-7-8-9-10-12-16-28-19-15-20-30(25-28)34-23-24-35-31(33)27(2)21-22-32(3,4)26-29-17-13-11-14-18-29/h11,13-15,17-20,25,27H,5-10,12,16,21-24,26H2,1-4H3/q+1. The number of carbonyl (C=O) groups excluding carboxylic acids is 1. The van der Waals surface area contributed by atoms with Crippen molar-refractivity contribution in [1.82, 2.24) is 0 Å². The Morgan fingerprint density at radius 3 is 2.29 bits per heavy atom. The van der Waals surface area contributed by atoms with Crippen LogP contribution >= 0.6 is 0 Å². The molecule has 0 saturated heterocycles. The number of benzene rings is 2. The maximum absolute atomic E-state index is 12.4. The number of quaternary nitrogens is 1. The molecule has 0 heterocycles. The third-order valence-electron chi connectivity index (χ3n) is 6.59. The summed E-state index contributed by atoms with van der Waals surface area (Å²) < 4.78 is 12.2. The SMILES string of the molecule is CCCCCCCCCc1cccc(OCCOC(=O)C(C)CC[N+](C)(C)Cc2ccccc2)c1. The van der Waals surface area contributed by atoms with Crippen molar-refractivity contribution in [2.45, 2.75) is 78.2 Å². The second-order valence-electron chi connectivity index (χ2n) is 10.5. The van der Waals surface area contributed by atoms with E-state index in [0.717, 1.165) is 36.2 Å². The van der Waals surface area contributed by atoms with Crippen molar-refractivity contribution >= 4 is 5.97 Å². The Morgan fingerprint density at radius 1 is 0.857 bits per heavy atom. The van der Waals surface area contributed by atoms with Gasteiger partial charge >= 0.3 is 5.97 Å². The van der Waals surface area contributed by atoms with Gasteiger partial charge in [0.25, 0.3) is 0 Å². The van der Waals surface area contributed by atoms with Gasteiger partial charge in [-0.2, -0.15) is 0 Å². The lowest BCUT2D eigenvalue weighted by molar-refractivity contribution is -0.904. The molecule has 2 aromatic carbocycles. The minimum atomic E-state index is -0.138. The predicted molar refractivity (Wildman–Crippen MR) is 145 cm³/mol. The molecule has 35 heavy (non-hydrogen) atoms. The summed E-state index contributed by atoms with van der Waals surface area (Å²) >= 11 is 0. The average Bonchev–Trinajstić information content (AvgIpc) is 2.85. The highest BCUT2D eigenvalue weighted by Gasteiger charge is 2.21. The van der Waals surface area contributed by atoms with E-state index in [1.165, 1.54) is 56.1 Å². The van der Waals surface area contributed by atoms with E-state index >= 15 is 0 Å². The van der Waals surface area contributed by atoms with Crippen LogP contribution in [-0.2, 0) is 22.5 Å². The predicted octanol–water partition coefficient (Wildman–Crippen LogP) is 7.20. The number of esters is 1. The van der Waals surface area contributed by atoms with E-state index in [-0.39, 0.29) is 18.5 Å². The fraction of sp³-hybridized carbons (Fsp3) is 0.581. The normalized spacial score (nSPS) is 12.3. The molecule has 1 unspecified atom stereocenters. The molecule has 194 valence electrons. The van der Waals surface area contributed by atoms with Gasteiger partial charge in [0.2, 0.25) is 0 Å². The van der Waals surface area contributed by atoms with Gasteiger partial charge in [-0.1, -0.05) is 94.8 Å². The first kappa shape index (κ1) is 28.9. The van der Waals surface area contributed by atoms with Crippen molar-refractivity contribution in [2.75, 3.05) is 33.9 Å². The number of rotatable bonds is 18. The van der Waals surface area contributed by atoms with Gasteiger partial charge in [-0.15, -0.1) is 0 Å². The molecule has 0 spiro atoms. The van der Waals surface area contributed by atoms with Crippen molar-refractivity contribution in [3.8, 4) is 5.75 Å². The summed E-state index contributed by atoms with van der Waals surface area (Å²) in [6.45, 7) is 6.76. The van der Waals surface area contributed by atoms with Crippen LogP contribution in [0.5, 0.6) is 5.75 Å². The van der Waals surface area contributed by atoms with E-state index in [1.54, 1.807) is 0 Å². The van der Waals surface area contributed by atoms with Crippen LogP contribution in [0, 0.1) is 5.92 Å². The highest BCUT2D eigenvalue weighted by molar-refractivity contribution is 5.71. The first-order valence-corrected chi connectivity index (χ1v) is 13.6. The highest BCUT2D eigenvalue weighted by Crippen LogP contribution is 2.17. The van der Waals surface area contributed by atoms with Crippen LogP contribution in [-0.4, -0.2) is 44.3 Å². The van der Waals surface area contributed by atoms with Gasteiger partial charge in [-0.05, 0) is 30.5 Å². The Labute approximate surface area is 214 Å². The van der Waals surface area contributed by atoms with Gasteiger partial charge in [-0.25, -0.2) is 0 Å². The summed E-state index contributed by atoms with van der Waals surface area (Å²) in [6, 6.07) is 18.8. The number of carbonyl (C=O) groups is 1. The minimum Gasteiger partial charge on any atom is -0.490 e. The number of hydrogen-bond acceptors (Lipinski definition) is 3. The average molecular weight is 483 g/mol. The van der Waals surface area contributed by atoms with E-state index in [4.69, 9.17) is 9.47 Å². The third kappa shape index (κ3) is 12.8. The quantitative estimate of drug-likeness (QED) is 0.128. The van der Waals surface area contributed by atoms with E-state index in [2.05, 4.69) is 63.5 Å². The van der Waals surface area contributed by atoms with Crippen molar-refractivity contribution in [3.05, 3.63) is 65.7 Å². The number of unbranched alkanes of at least 4 members (excludes halogenated alkanes) is 6. The molecule has 0 fully saturated rings. The molecule has 0 radical (unpaired) electrons. The summed E-state index contributed by atoms with van der Waals surface area (Å²) in [4.78, 5) is 12.4. The first-order chi connectivity index (χ1) is 16.9. The van der Waals surface area contributed by atoms with E-state index in [0.29, 0.717) is 6.61 Å². The molecule has 0 aromatic heterocycles. The number of aryl methyl sites for hydroxylation is 1. The number of nitrogens with zero attached hydrogens (tertiary/aromatic N) is 1. The summed E-state index contributed by atoms with van der Waals surface area (Å²) in [5.41, 5.74) is 2.63. The fourth-order valence-electron chi connectivity index (χ4n) is 4.34. The molecule has 1 atom stereocenters. The molecule has 4 nitrogen and oxygen atoms in total. The van der Waals surface area contributed by atoms with E-state index in [9.17, 15) is 4.79 Å². The Kier molecular flexibility index (Phi) is 13.5. The van der Waals surface area contributed by atoms with Gasteiger partial charge in [0.15, 0.2) is 0 Å². The lowest BCUT2D eigenvalue weighted by Gasteiger charge is -2.30. The molecule has 0 saturated carbocycles. The number of ether oxygens (including phenoxy) is 2. The summed E-state index contributed by atoms with van der Waals surface area (Å²) in [5.74, 6) is 0.601. The Bertz CT molecular complexity index is 834. The zero-order valence-corrected chi connectivity index (χ0v) is 22.6. The number of hydrogen-bond donors (Lipinski definition) is 0. The molecule has 0 aliphatic carbocycles. The lowest BCUT2D eigenvalue weighted by atomic mass is 10.0. The van der Waals surface area contributed by atoms with Crippen LogP contribution in [0.3, 0.4) is 0 Å². The second-order valence-corrected chi connectivity index (χ2v) is 10.5. The molecule has 0 aliphatic rings. The molecule has 4 heteroatoms. The Hall–Kier alpha value is -2.33. The second kappa shape index (κ2) is 16.4. The van der Waals surface area contributed by atoms with Crippen LogP contribution in [0.15, 0.2) is 54.6 Å². The highest BCUT2D eigenvalue weighted by atomic mass is 16.6. The zero-order valence-electron chi connectivity index (χ0n) is 22.6. The monoisotopic (exact) mass is 482 g/mol. The van der Waals surface area contributed by atoms with Gasteiger partial charge in [0.05, 0.1) is 26.6 Å². The van der Waals surface area contributed by atoms with Crippen LogP contribution in [0.2, 0.25) is 0 Å². The van der Waals surface area contributed by atoms with Crippen molar-refractivity contribution in [1.29, 1.82) is 0 Å². The van der Waals surface area contributed by atoms with E-state index < -0.39 is 0 Å². The first-order valence-electron chi connectivity index (χ1n) is 13.6. The van der Waals surface area contributed by atoms with Gasteiger partial charge < -0.3 is 14.0 Å². The van der Waals surface area contributed by atoms with Crippen molar-refractivity contribution in [2.24, 2.45) is 5.92 Å². The van der Waals surface area contributed by atoms with Gasteiger partial charge in [-0.3, -0.25) is 4.79 Å². The van der Waals surface area contributed by atoms with E-state index in [1.807, 2.05) is 19.1 Å². The topological polar surface area (TPSA) is 35.5 Å². The molecular formula is C31H48NO3+. The molecule has 0 amide bonds. The molecule has 2 rings (SSSR count). The molecule has 0 N–H and O–H groups in total. The summed E-state index contributed by atoms with van der Waals surface area (Å²) in [7, 11) is 4.42. The van der Waals surface area contributed by atoms with Crippen LogP contribution in [0.1, 0.15) is 76.3 Å². The molecule has 0 bridgehead atoms. The maximum Gasteiger partial charge on any atom is 0.308 e. The lowest BCUT2D eigenvalue weighted by Crippen LogP contribution is -2.40. The minimum absolute atomic E-state index is 0.117. The van der Waals surface area contributed by atoms with Gasteiger partial charge in [0, 0.05) is 12.0 Å². The zero-order chi connectivity index (χ0) is 25.4. The van der Waals surface area contributed by atoms with Crippen molar-refractivity contribution < 1.29 is 18.8 Å². The molecular weight excluding hydrogens is 434 g/mol. The van der Waals surface area contributed by atoms with Crippen LogP contribution in [0.25, 0.3) is 0 Å². The fourth-order valence-corrected chi connectivity index (χ4v) is 4.34. The molecule has 0 aliphatic heterocycles. The van der Waals surface area contributed by atoms with Gasteiger partial charge in [0.1, 0.15) is 25.5 Å². The Balaban J connectivity index is 1.60. The Morgan fingerprint density at radius 2 is 1.54 bits per heavy atom. The van der Waals surface area contributed by atoms with Crippen LogP contribution in [0.4, 0.5) is 0 Å². The smallest absolute Gasteiger partial charge is 0.308 e.